The normalized spacial score (nSPS) is 32.0. The van der Waals surface area contributed by atoms with Crippen molar-refractivity contribution in [3.63, 3.8) is 0 Å². The highest BCUT2D eigenvalue weighted by molar-refractivity contribution is 7.76. The second-order valence-corrected chi connectivity index (χ2v) is 4.68. The first kappa shape index (κ1) is 11.1. The van der Waals surface area contributed by atoms with Crippen molar-refractivity contribution >= 4 is 11.3 Å². The molecule has 1 aliphatic carbocycles. The molecule has 0 bridgehead atoms. The quantitative estimate of drug-likeness (QED) is 0.666. The van der Waals surface area contributed by atoms with Gasteiger partial charge in [-0.15, -0.1) is 0 Å². The third-order valence-electron chi connectivity index (χ3n) is 2.77. The summed E-state index contributed by atoms with van der Waals surface area (Å²) in [7, 11) is 1.65. The predicted molar refractivity (Wildman–Crippen MR) is 51.4 cm³/mol. The van der Waals surface area contributed by atoms with E-state index in [2.05, 4.69) is 0 Å². The number of hydrogen-bond donors (Lipinski definition) is 2. The third-order valence-corrected chi connectivity index (χ3v) is 3.56. The number of rotatable bonds is 3. The van der Waals surface area contributed by atoms with Gasteiger partial charge in [-0.05, 0) is 25.2 Å². The maximum Gasteiger partial charge on any atom is 0.234 e. The molecule has 2 N–H and O–H groups in total. The van der Waals surface area contributed by atoms with Gasteiger partial charge in [0.05, 0.1) is 0 Å². The maximum atomic E-state index is 10.8. The summed E-state index contributed by atoms with van der Waals surface area (Å²) < 4.78 is 21.1. The fourth-order valence-corrected chi connectivity index (χ4v) is 2.33. The molecule has 0 amide bonds. The van der Waals surface area contributed by atoms with Crippen LogP contribution in [0.25, 0.3) is 0 Å². The zero-order chi connectivity index (χ0) is 9.84. The molecule has 1 aliphatic rings. The highest BCUT2D eigenvalue weighted by Gasteiger charge is 2.26. The van der Waals surface area contributed by atoms with E-state index in [4.69, 9.17) is 9.66 Å². The first-order valence-corrected chi connectivity index (χ1v) is 5.66. The second kappa shape index (κ2) is 5.05. The molecule has 4 nitrogen and oxygen atoms in total. The average molecular weight is 207 g/mol. The molecule has 5 heteroatoms. The molecule has 1 fully saturated rings. The number of aliphatic hydroxyl groups excluding tert-OH is 1. The molecule has 78 valence electrons. The summed E-state index contributed by atoms with van der Waals surface area (Å²) in [6.45, 7) is 0.197. The largest absolute Gasteiger partial charge is 0.396 e. The fraction of sp³-hybridized carbons (Fsp3) is 1.00. The predicted octanol–water partition coefficient (Wildman–Crippen LogP) is 0.606. The number of hydrogen-bond acceptors (Lipinski definition) is 2. The van der Waals surface area contributed by atoms with E-state index >= 15 is 0 Å². The summed E-state index contributed by atoms with van der Waals surface area (Å²) in [5.74, 6) is 0.310. The van der Waals surface area contributed by atoms with Gasteiger partial charge >= 0.3 is 0 Å². The second-order valence-electron chi connectivity index (χ2n) is 3.65. The Morgan fingerprint density at radius 2 is 2.23 bits per heavy atom. The van der Waals surface area contributed by atoms with Crippen molar-refractivity contribution in [2.75, 3.05) is 13.7 Å². The number of nitrogens with zero attached hydrogens (tertiary/aromatic N) is 1. The van der Waals surface area contributed by atoms with Crippen LogP contribution in [0.2, 0.25) is 0 Å². The Morgan fingerprint density at radius 1 is 1.54 bits per heavy atom. The van der Waals surface area contributed by atoms with E-state index in [1.54, 1.807) is 7.05 Å². The molecule has 0 spiro atoms. The van der Waals surface area contributed by atoms with Crippen LogP contribution < -0.4 is 0 Å². The van der Waals surface area contributed by atoms with Crippen molar-refractivity contribution < 1.29 is 13.9 Å². The fourth-order valence-electron chi connectivity index (χ4n) is 1.89. The third kappa shape index (κ3) is 3.02. The molecule has 0 radical (unpaired) electrons. The first-order chi connectivity index (χ1) is 6.15. The molecular formula is C8H17NO3S. The van der Waals surface area contributed by atoms with Gasteiger partial charge < -0.3 is 5.11 Å². The molecule has 0 saturated heterocycles. The van der Waals surface area contributed by atoms with Gasteiger partial charge in [-0.3, -0.25) is 4.55 Å². The molecule has 3 unspecified atom stereocenters. The zero-order valence-electron chi connectivity index (χ0n) is 7.85. The van der Waals surface area contributed by atoms with E-state index in [9.17, 15) is 4.21 Å². The molecule has 1 saturated carbocycles. The standard InChI is InChI=1S/C8H17NO3S/c1-9(13(11)12)8-4-2-3-7(5-8)6-10/h7-8,10H,2-6H2,1H3,(H,11,12). The highest BCUT2D eigenvalue weighted by Crippen LogP contribution is 2.27. The van der Waals surface area contributed by atoms with Gasteiger partial charge in [0, 0.05) is 19.7 Å². The Kier molecular flexibility index (Phi) is 4.31. The highest BCUT2D eigenvalue weighted by atomic mass is 32.2. The molecule has 0 heterocycles. The Morgan fingerprint density at radius 3 is 2.77 bits per heavy atom. The van der Waals surface area contributed by atoms with Crippen molar-refractivity contribution in [3.05, 3.63) is 0 Å². The van der Waals surface area contributed by atoms with Crippen molar-refractivity contribution in [1.82, 2.24) is 4.31 Å². The summed E-state index contributed by atoms with van der Waals surface area (Å²) in [4.78, 5) is 0. The average Bonchev–Trinajstić information content (AvgIpc) is 2.16. The van der Waals surface area contributed by atoms with Crippen molar-refractivity contribution in [1.29, 1.82) is 0 Å². The Bertz CT molecular complexity index is 188. The van der Waals surface area contributed by atoms with Crippen LogP contribution in [-0.4, -0.2) is 37.9 Å². The van der Waals surface area contributed by atoms with Gasteiger partial charge in [0.1, 0.15) is 0 Å². The van der Waals surface area contributed by atoms with Crippen LogP contribution in [0.5, 0.6) is 0 Å². The van der Waals surface area contributed by atoms with Gasteiger partial charge in [-0.1, -0.05) is 6.42 Å². The van der Waals surface area contributed by atoms with E-state index < -0.39 is 11.3 Å². The van der Waals surface area contributed by atoms with Crippen LogP contribution in [-0.2, 0) is 11.3 Å². The lowest BCUT2D eigenvalue weighted by molar-refractivity contribution is 0.150. The van der Waals surface area contributed by atoms with Gasteiger partial charge in [0.25, 0.3) is 0 Å². The molecule has 0 aromatic carbocycles. The van der Waals surface area contributed by atoms with E-state index in [-0.39, 0.29) is 12.6 Å². The Hall–Kier alpha value is 0.0300. The van der Waals surface area contributed by atoms with Crippen LogP contribution in [0.1, 0.15) is 25.7 Å². The molecule has 1 rings (SSSR count). The zero-order valence-corrected chi connectivity index (χ0v) is 8.66. The lowest BCUT2D eigenvalue weighted by Gasteiger charge is -2.32. The van der Waals surface area contributed by atoms with Gasteiger partial charge in [-0.2, -0.15) is 0 Å². The summed E-state index contributed by atoms with van der Waals surface area (Å²) in [5.41, 5.74) is 0. The van der Waals surface area contributed by atoms with Gasteiger partial charge in [0.15, 0.2) is 0 Å². The van der Waals surface area contributed by atoms with Crippen LogP contribution >= 0.6 is 0 Å². The minimum Gasteiger partial charge on any atom is -0.396 e. The summed E-state index contributed by atoms with van der Waals surface area (Å²) in [6.07, 6.45) is 3.87. The van der Waals surface area contributed by atoms with Crippen molar-refractivity contribution in [3.8, 4) is 0 Å². The van der Waals surface area contributed by atoms with E-state index in [0.717, 1.165) is 25.7 Å². The monoisotopic (exact) mass is 207 g/mol. The Balaban J connectivity index is 2.46. The smallest absolute Gasteiger partial charge is 0.234 e. The summed E-state index contributed by atoms with van der Waals surface area (Å²) >= 11 is -1.87. The molecule has 0 aliphatic heterocycles. The lowest BCUT2D eigenvalue weighted by atomic mass is 9.86. The topological polar surface area (TPSA) is 60.8 Å². The maximum absolute atomic E-state index is 10.8. The minimum atomic E-state index is -1.87. The molecule has 13 heavy (non-hydrogen) atoms. The van der Waals surface area contributed by atoms with Gasteiger partial charge in [-0.25, -0.2) is 8.51 Å². The van der Waals surface area contributed by atoms with E-state index in [0.29, 0.717) is 5.92 Å². The van der Waals surface area contributed by atoms with Crippen LogP contribution in [0.15, 0.2) is 0 Å². The molecule has 3 atom stereocenters. The molecular weight excluding hydrogens is 190 g/mol. The van der Waals surface area contributed by atoms with E-state index in [1.165, 1.54) is 4.31 Å². The first-order valence-electron chi connectivity index (χ1n) is 4.59. The summed E-state index contributed by atoms with van der Waals surface area (Å²) in [5, 5.41) is 8.97. The molecule has 0 aromatic rings. The lowest BCUT2D eigenvalue weighted by Crippen LogP contribution is -2.37. The van der Waals surface area contributed by atoms with Gasteiger partial charge in [0.2, 0.25) is 11.3 Å². The SMILES string of the molecule is CN(C1CCCC(CO)C1)S(=O)O. The minimum absolute atomic E-state index is 0.150. The molecule has 0 aromatic heterocycles. The van der Waals surface area contributed by atoms with Crippen LogP contribution in [0.4, 0.5) is 0 Å². The number of aliphatic hydroxyl groups is 1. The van der Waals surface area contributed by atoms with Crippen molar-refractivity contribution in [2.24, 2.45) is 5.92 Å². The van der Waals surface area contributed by atoms with Crippen LogP contribution in [0, 0.1) is 5.92 Å². The van der Waals surface area contributed by atoms with E-state index in [1.807, 2.05) is 0 Å². The van der Waals surface area contributed by atoms with Crippen molar-refractivity contribution in [2.45, 2.75) is 31.7 Å². The Labute approximate surface area is 81.4 Å². The summed E-state index contributed by atoms with van der Waals surface area (Å²) in [6, 6.07) is 0.150. The van der Waals surface area contributed by atoms with Crippen LogP contribution in [0.3, 0.4) is 0 Å².